The molecular weight excluding hydrogens is 682 g/mol. The van der Waals surface area contributed by atoms with Crippen molar-refractivity contribution >= 4 is 123 Å². The molecule has 7 heterocycles. The third kappa shape index (κ3) is 3.25. The maximum absolute atomic E-state index is 7.49. The summed E-state index contributed by atoms with van der Waals surface area (Å²) in [7, 11) is 0. The predicted molar refractivity (Wildman–Crippen MR) is 237 cm³/mol. The summed E-state index contributed by atoms with van der Waals surface area (Å²) in [5.74, 6) is 0. The molecule has 0 N–H and O–H groups in total. The van der Waals surface area contributed by atoms with Crippen LogP contribution in [0.15, 0.2) is 118 Å². The van der Waals surface area contributed by atoms with Crippen molar-refractivity contribution in [3.05, 3.63) is 120 Å². The third-order valence-electron chi connectivity index (χ3n) is 13.8. The molecule has 0 spiro atoms. The molecule has 3 aliphatic rings. The highest BCUT2D eigenvalue weighted by Crippen LogP contribution is 2.46. The molecule has 0 radical (unpaired) electrons. The van der Waals surface area contributed by atoms with E-state index in [-0.39, 0.29) is 24.3 Å². The Morgan fingerprint density at radius 3 is 1.38 bits per heavy atom. The number of para-hydroxylation sites is 2. The smallest absolute Gasteiger partial charge is 0.254 e. The fourth-order valence-electron chi connectivity index (χ4n) is 11.4. The largest absolute Gasteiger partial charge is 0.453 e. The Morgan fingerprint density at radius 1 is 0.464 bits per heavy atom. The van der Waals surface area contributed by atoms with Gasteiger partial charge in [-0.05, 0) is 61.6 Å². The number of benzene rings is 7. The number of fused-ring (bicyclic) bond motifs is 3. The molecule has 14 rings (SSSR count). The van der Waals surface area contributed by atoms with Crippen molar-refractivity contribution < 1.29 is 8.83 Å². The summed E-state index contributed by atoms with van der Waals surface area (Å²) in [6.45, 7) is 13.7. The lowest BCUT2D eigenvalue weighted by Crippen LogP contribution is -2.57. The molecule has 0 bridgehead atoms. The van der Waals surface area contributed by atoms with Gasteiger partial charge in [-0.25, -0.2) is 0 Å². The Hall–Kier alpha value is -6.13. The zero-order valence-electron chi connectivity index (χ0n) is 32.3. The molecule has 0 unspecified atom stereocenters. The van der Waals surface area contributed by atoms with E-state index in [0.717, 1.165) is 38.8 Å². The molecule has 4 aromatic heterocycles. The van der Waals surface area contributed by atoms with Crippen LogP contribution in [0.2, 0.25) is 0 Å². The minimum atomic E-state index is -0.186. The highest BCUT2D eigenvalue weighted by Gasteiger charge is 2.48. The summed E-state index contributed by atoms with van der Waals surface area (Å²) >= 11 is 0. The highest BCUT2D eigenvalue weighted by molar-refractivity contribution is 7.06. The summed E-state index contributed by atoms with van der Waals surface area (Å²) in [6, 6.07) is 41.3. The van der Waals surface area contributed by atoms with E-state index in [1.165, 1.54) is 93.2 Å². The molecular formula is C50H36B2N2O2. The SMILES string of the molecule is CC(C)(C)c1cccc(B(c2cccc(C(C)(C)C)c2)c2c3oc4cccc5c6ccc7c8c6n(c3c3c6c2oc2cccc9c%10ccc-7c(c%10n6c29)B38)c45)c1. The third-order valence-corrected chi connectivity index (χ3v) is 13.8. The van der Waals surface area contributed by atoms with Crippen LogP contribution in [-0.2, 0) is 10.8 Å². The van der Waals surface area contributed by atoms with Crippen LogP contribution in [0.1, 0.15) is 52.7 Å². The van der Waals surface area contributed by atoms with E-state index in [2.05, 4.69) is 160 Å². The maximum atomic E-state index is 7.49. The van der Waals surface area contributed by atoms with Crippen molar-refractivity contribution in [2.45, 2.75) is 52.4 Å². The summed E-state index contributed by atoms with van der Waals surface area (Å²) in [5.41, 5.74) is 23.9. The number of aromatic nitrogens is 2. The van der Waals surface area contributed by atoms with Crippen LogP contribution in [0.5, 0.6) is 0 Å². The highest BCUT2D eigenvalue weighted by atomic mass is 16.3. The summed E-state index contributed by atoms with van der Waals surface area (Å²) in [6.07, 6.45) is 0. The van der Waals surface area contributed by atoms with E-state index in [1.807, 2.05) is 0 Å². The van der Waals surface area contributed by atoms with E-state index in [4.69, 9.17) is 8.83 Å². The van der Waals surface area contributed by atoms with Crippen molar-refractivity contribution in [1.29, 1.82) is 0 Å². The van der Waals surface area contributed by atoms with Gasteiger partial charge in [0.05, 0.1) is 33.1 Å². The standard InChI is InChI=1S/C50H36B2N2O2/c1-49(2,3)25-11-7-13-27(23-25)51(28-14-8-12-26(24-28)50(4,5)6)40-47-45-39-46-48(40)56-36-18-10-16-32-34-22-20-30-29-19-21-33-31-15-9-17-35(55-47)41(31)53(45)43(33)37(29)52(39)38(30)44(34)54(46)42(32)36/h7-24H,1-6H3. The molecule has 7 aromatic carbocycles. The van der Waals surface area contributed by atoms with Crippen LogP contribution in [0.4, 0.5) is 0 Å². The van der Waals surface area contributed by atoms with Crippen LogP contribution in [0.3, 0.4) is 0 Å². The van der Waals surface area contributed by atoms with Crippen LogP contribution in [0, 0.1) is 0 Å². The first-order valence-corrected chi connectivity index (χ1v) is 20.1. The molecule has 264 valence electrons. The molecule has 0 saturated heterocycles. The first-order valence-electron chi connectivity index (χ1n) is 20.1. The van der Waals surface area contributed by atoms with Crippen LogP contribution in [0.25, 0.3) is 88.1 Å². The monoisotopic (exact) mass is 718 g/mol. The van der Waals surface area contributed by atoms with Gasteiger partial charge in [0.1, 0.15) is 11.2 Å². The molecule has 0 saturated carbocycles. The maximum Gasteiger partial charge on any atom is 0.254 e. The van der Waals surface area contributed by atoms with Gasteiger partial charge in [0.25, 0.3) is 13.4 Å². The van der Waals surface area contributed by atoms with Gasteiger partial charge in [-0.3, -0.25) is 0 Å². The Morgan fingerprint density at radius 2 is 0.911 bits per heavy atom. The molecule has 56 heavy (non-hydrogen) atoms. The van der Waals surface area contributed by atoms with E-state index in [9.17, 15) is 0 Å². The second kappa shape index (κ2) is 9.28. The van der Waals surface area contributed by atoms with Crippen molar-refractivity contribution in [1.82, 2.24) is 8.80 Å². The second-order valence-corrected chi connectivity index (χ2v) is 18.8. The van der Waals surface area contributed by atoms with Crippen molar-refractivity contribution in [3.63, 3.8) is 0 Å². The number of hydrogen-bond donors (Lipinski definition) is 0. The number of nitrogens with zero attached hydrogens (tertiary/aromatic N) is 2. The minimum Gasteiger partial charge on any atom is -0.453 e. The van der Waals surface area contributed by atoms with Crippen molar-refractivity contribution in [3.8, 4) is 11.1 Å². The first-order chi connectivity index (χ1) is 27.1. The van der Waals surface area contributed by atoms with Gasteiger partial charge in [-0.1, -0.05) is 150 Å². The van der Waals surface area contributed by atoms with Gasteiger partial charge < -0.3 is 17.6 Å². The van der Waals surface area contributed by atoms with Gasteiger partial charge in [0.15, 0.2) is 11.2 Å². The molecule has 4 nitrogen and oxygen atoms in total. The van der Waals surface area contributed by atoms with Gasteiger partial charge in [0, 0.05) is 27.0 Å². The van der Waals surface area contributed by atoms with E-state index >= 15 is 0 Å². The minimum absolute atomic E-state index is 0.0287. The fourth-order valence-corrected chi connectivity index (χ4v) is 11.4. The van der Waals surface area contributed by atoms with Crippen LogP contribution >= 0.6 is 0 Å². The van der Waals surface area contributed by atoms with Gasteiger partial charge >= 0.3 is 0 Å². The Kier molecular flexibility index (Phi) is 4.99. The lowest BCUT2D eigenvalue weighted by molar-refractivity contribution is 0.590. The van der Waals surface area contributed by atoms with Crippen molar-refractivity contribution in [2.24, 2.45) is 0 Å². The summed E-state index contributed by atoms with van der Waals surface area (Å²) < 4.78 is 20.2. The molecule has 0 atom stereocenters. The molecule has 6 heteroatoms. The predicted octanol–water partition coefficient (Wildman–Crippen LogP) is 8.53. The molecule has 11 aromatic rings. The Bertz CT molecular complexity index is 3450. The van der Waals surface area contributed by atoms with E-state index in [1.54, 1.807) is 0 Å². The average Bonchev–Trinajstić information content (AvgIpc) is 3.83. The van der Waals surface area contributed by atoms with E-state index < -0.39 is 0 Å². The van der Waals surface area contributed by atoms with Gasteiger partial charge in [0.2, 0.25) is 0 Å². The van der Waals surface area contributed by atoms with Crippen LogP contribution in [-0.4, -0.2) is 22.2 Å². The second-order valence-electron chi connectivity index (χ2n) is 18.8. The van der Waals surface area contributed by atoms with E-state index in [0.29, 0.717) is 0 Å². The van der Waals surface area contributed by atoms with Crippen molar-refractivity contribution in [2.75, 3.05) is 0 Å². The summed E-state index contributed by atoms with van der Waals surface area (Å²) in [4.78, 5) is 0. The zero-order valence-corrected chi connectivity index (χ0v) is 32.3. The average molecular weight is 718 g/mol. The topological polar surface area (TPSA) is 35.1 Å². The zero-order chi connectivity index (χ0) is 37.3. The van der Waals surface area contributed by atoms with Gasteiger partial charge in [-0.15, -0.1) is 0 Å². The Balaban J connectivity index is 1.30. The Labute approximate surface area is 323 Å². The van der Waals surface area contributed by atoms with Crippen LogP contribution < -0.4 is 32.8 Å². The number of hydrogen-bond acceptors (Lipinski definition) is 2. The lowest BCUT2D eigenvalue weighted by atomic mass is 9.34. The molecule has 0 amide bonds. The lowest BCUT2D eigenvalue weighted by Gasteiger charge is -2.30. The normalized spacial score (nSPS) is 14.2. The fraction of sp³-hybridized carbons (Fsp3) is 0.160. The molecule has 0 aliphatic carbocycles. The van der Waals surface area contributed by atoms with Gasteiger partial charge in [-0.2, -0.15) is 0 Å². The quantitative estimate of drug-likeness (QED) is 0.136. The molecule has 3 aliphatic heterocycles. The first kappa shape index (κ1) is 30.1. The number of rotatable bonds is 3. The summed E-state index contributed by atoms with van der Waals surface area (Å²) in [5, 5.41) is 5.08. The molecule has 0 fully saturated rings.